The van der Waals surface area contributed by atoms with Gasteiger partial charge in [-0.2, -0.15) is 0 Å². The Kier molecular flexibility index (Phi) is 7.17. The van der Waals surface area contributed by atoms with Crippen LogP contribution >= 0.6 is 22.6 Å². The van der Waals surface area contributed by atoms with Gasteiger partial charge in [-0.3, -0.25) is 0 Å². The molecule has 124 valence electrons. The van der Waals surface area contributed by atoms with Crippen LogP contribution in [0.4, 0.5) is 0 Å². The van der Waals surface area contributed by atoms with Crippen molar-refractivity contribution >= 4 is 22.6 Å². The first-order valence-corrected chi connectivity index (χ1v) is 9.38. The minimum Gasteiger partial charge on any atom is -0.504 e. The van der Waals surface area contributed by atoms with E-state index in [9.17, 15) is 5.11 Å². The van der Waals surface area contributed by atoms with Crippen LogP contribution in [-0.4, -0.2) is 18.3 Å². The van der Waals surface area contributed by atoms with Crippen molar-refractivity contribution in [3.05, 3.63) is 59.2 Å². The van der Waals surface area contributed by atoms with Gasteiger partial charge in [-0.1, -0.05) is 52.9 Å². The Morgan fingerprint density at radius 3 is 2.39 bits per heavy atom. The fraction of sp³-hybridized carbons (Fsp3) is 0.368. The number of phenolic OH excluding ortho intramolecular Hbond substituents is 1. The van der Waals surface area contributed by atoms with Crippen LogP contribution in [0, 0.1) is 0 Å². The summed E-state index contributed by atoms with van der Waals surface area (Å²) in [7, 11) is 1.58. The Bertz CT molecular complexity index is 613. The lowest BCUT2D eigenvalue weighted by molar-refractivity contribution is 0.372. The predicted octanol–water partition coefficient (Wildman–Crippen LogP) is 4.45. The molecule has 0 aliphatic carbocycles. The summed E-state index contributed by atoms with van der Waals surface area (Å²) in [5.41, 5.74) is 3.86. The van der Waals surface area contributed by atoms with Crippen molar-refractivity contribution in [1.29, 1.82) is 0 Å². The zero-order chi connectivity index (χ0) is 16.7. The third-order valence-electron chi connectivity index (χ3n) is 3.94. The number of alkyl halides is 1. The molecule has 0 radical (unpaired) electrons. The number of hydrogen-bond donors (Lipinski definition) is 2. The largest absolute Gasteiger partial charge is 0.504 e. The first-order valence-electron chi connectivity index (χ1n) is 7.85. The molecule has 2 aromatic carbocycles. The monoisotopic (exact) mass is 425 g/mol. The molecular formula is C19H24INO2. The number of nitrogens with one attached hydrogen (secondary N) is 1. The molecule has 2 N–H and O–H groups in total. The number of hydrogen-bond acceptors (Lipinski definition) is 3. The fourth-order valence-corrected chi connectivity index (χ4v) is 2.91. The summed E-state index contributed by atoms with van der Waals surface area (Å²) in [6, 6.07) is 14.8. The van der Waals surface area contributed by atoms with E-state index in [0.717, 1.165) is 23.8 Å². The van der Waals surface area contributed by atoms with Gasteiger partial charge in [-0.15, -0.1) is 0 Å². The van der Waals surface area contributed by atoms with E-state index >= 15 is 0 Å². The minimum atomic E-state index is 0.192. The van der Waals surface area contributed by atoms with E-state index < -0.39 is 0 Å². The van der Waals surface area contributed by atoms with Gasteiger partial charge in [0, 0.05) is 17.0 Å². The van der Waals surface area contributed by atoms with Crippen molar-refractivity contribution in [1.82, 2.24) is 5.32 Å². The average Bonchev–Trinajstić information content (AvgIpc) is 2.59. The summed E-state index contributed by atoms with van der Waals surface area (Å²) in [4.78, 5) is 0. The van der Waals surface area contributed by atoms with Crippen molar-refractivity contribution in [3.63, 3.8) is 0 Å². The normalized spacial score (nSPS) is 12.1. The number of methoxy groups -OCH3 is 1. The molecule has 4 heteroatoms. The molecule has 0 bridgehead atoms. The molecule has 0 aliphatic heterocycles. The smallest absolute Gasteiger partial charge is 0.160 e. The number of benzene rings is 2. The van der Waals surface area contributed by atoms with Crippen molar-refractivity contribution in [2.75, 3.05) is 7.11 Å². The molecule has 0 saturated carbocycles. The van der Waals surface area contributed by atoms with E-state index in [1.54, 1.807) is 13.2 Å². The first-order chi connectivity index (χ1) is 11.1. The number of phenols is 1. The first kappa shape index (κ1) is 18.1. The summed E-state index contributed by atoms with van der Waals surface area (Å²) in [5.74, 6) is 0.732. The molecule has 0 aromatic heterocycles. The van der Waals surface area contributed by atoms with E-state index in [1.165, 1.54) is 16.7 Å². The second-order valence-corrected chi connectivity index (χ2v) is 6.54. The lowest BCUT2D eigenvalue weighted by Crippen LogP contribution is -2.25. The van der Waals surface area contributed by atoms with Gasteiger partial charge >= 0.3 is 0 Å². The summed E-state index contributed by atoms with van der Waals surface area (Å²) >= 11 is 2.38. The molecule has 2 rings (SSSR count). The van der Waals surface area contributed by atoms with Gasteiger partial charge in [0.25, 0.3) is 0 Å². The molecule has 0 fully saturated rings. The molecular weight excluding hydrogens is 401 g/mol. The number of rotatable bonds is 8. The molecule has 0 spiro atoms. The zero-order valence-electron chi connectivity index (χ0n) is 13.7. The van der Waals surface area contributed by atoms with Gasteiger partial charge < -0.3 is 15.2 Å². The molecule has 0 aliphatic rings. The van der Waals surface area contributed by atoms with E-state index in [4.69, 9.17) is 4.74 Å². The number of aromatic hydroxyl groups is 1. The van der Waals surface area contributed by atoms with Gasteiger partial charge in [-0.25, -0.2) is 0 Å². The maximum atomic E-state index is 9.62. The van der Waals surface area contributed by atoms with Crippen LogP contribution in [-0.2, 0) is 17.4 Å². The Hall–Kier alpha value is -1.27. The number of ether oxygens (including phenoxy) is 1. The fourth-order valence-electron chi connectivity index (χ4n) is 2.40. The molecule has 1 atom stereocenters. The summed E-state index contributed by atoms with van der Waals surface area (Å²) in [6.45, 7) is 3.10. The highest BCUT2D eigenvalue weighted by Crippen LogP contribution is 2.26. The van der Waals surface area contributed by atoms with Crippen LogP contribution in [0.3, 0.4) is 0 Å². The molecule has 2 aromatic rings. The average molecular weight is 425 g/mol. The summed E-state index contributed by atoms with van der Waals surface area (Å²) in [6.07, 6.45) is 2.00. The highest BCUT2D eigenvalue weighted by molar-refractivity contribution is 14.1. The van der Waals surface area contributed by atoms with Gasteiger partial charge in [0.1, 0.15) is 0 Å². The van der Waals surface area contributed by atoms with Crippen LogP contribution in [0.1, 0.15) is 30.0 Å². The molecule has 0 heterocycles. The number of aryl methyl sites for hydroxylation is 1. The quantitative estimate of drug-likeness (QED) is 0.485. The third-order valence-corrected chi connectivity index (χ3v) is 4.82. The predicted molar refractivity (Wildman–Crippen MR) is 103 cm³/mol. The lowest BCUT2D eigenvalue weighted by atomic mass is 10.1. The lowest BCUT2D eigenvalue weighted by Gasteiger charge is -2.14. The Labute approximate surface area is 152 Å². The summed E-state index contributed by atoms with van der Waals surface area (Å²) < 4.78 is 6.20. The van der Waals surface area contributed by atoms with Crippen molar-refractivity contribution in [2.45, 2.75) is 36.8 Å². The van der Waals surface area contributed by atoms with Gasteiger partial charge in [0.05, 0.1) is 7.11 Å². The Morgan fingerprint density at radius 2 is 1.74 bits per heavy atom. The maximum Gasteiger partial charge on any atom is 0.160 e. The highest BCUT2D eigenvalue weighted by atomic mass is 127. The molecule has 23 heavy (non-hydrogen) atoms. The SMILES string of the molecule is COc1cc(CCC(C)NCc2ccc(CI)cc2)ccc1O. The van der Waals surface area contributed by atoms with E-state index in [0.29, 0.717) is 11.8 Å². The van der Waals surface area contributed by atoms with Crippen molar-refractivity contribution in [3.8, 4) is 11.5 Å². The zero-order valence-corrected chi connectivity index (χ0v) is 15.8. The van der Waals surface area contributed by atoms with Gasteiger partial charge in [-0.05, 0) is 48.6 Å². The van der Waals surface area contributed by atoms with Crippen molar-refractivity contribution < 1.29 is 9.84 Å². The van der Waals surface area contributed by atoms with Crippen LogP contribution < -0.4 is 10.1 Å². The maximum absolute atomic E-state index is 9.62. The van der Waals surface area contributed by atoms with Crippen LogP contribution in [0.25, 0.3) is 0 Å². The second kappa shape index (κ2) is 9.13. The molecule has 0 amide bonds. The summed E-state index contributed by atoms with van der Waals surface area (Å²) in [5, 5.41) is 13.2. The van der Waals surface area contributed by atoms with Crippen LogP contribution in [0.5, 0.6) is 11.5 Å². The molecule has 0 saturated heterocycles. The Balaban J connectivity index is 1.79. The highest BCUT2D eigenvalue weighted by Gasteiger charge is 2.06. The Morgan fingerprint density at radius 1 is 1.09 bits per heavy atom. The van der Waals surface area contributed by atoms with Gasteiger partial charge in [0.2, 0.25) is 0 Å². The van der Waals surface area contributed by atoms with Crippen molar-refractivity contribution in [2.24, 2.45) is 0 Å². The van der Waals surface area contributed by atoms with E-state index in [1.807, 2.05) is 12.1 Å². The van der Waals surface area contributed by atoms with E-state index in [2.05, 4.69) is 59.1 Å². The standard InChI is InChI=1S/C19H24INO2/c1-14(21-13-17-7-5-16(12-20)6-8-17)3-4-15-9-10-18(22)19(11-15)23-2/h5-11,14,21-22H,3-4,12-13H2,1-2H3. The van der Waals surface area contributed by atoms with Crippen LogP contribution in [0.2, 0.25) is 0 Å². The molecule has 3 nitrogen and oxygen atoms in total. The number of halogens is 1. The van der Waals surface area contributed by atoms with Gasteiger partial charge in [0.15, 0.2) is 11.5 Å². The second-order valence-electron chi connectivity index (χ2n) is 5.78. The van der Waals surface area contributed by atoms with E-state index in [-0.39, 0.29) is 5.75 Å². The molecule has 1 unspecified atom stereocenters. The van der Waals surface area contributed by atoms with Crippen LogP contribution in [0.15, 0.2) is 42.5 Å². The minimum absolute atomic E-state index is 0.192. The third kappa shape index (κ3) is 5.70. The topological polar surface area (TPSA) is 41.5 Å².